The van der Waals surface area contributed by atoms with Gasteiger partial charge in [-0.15, -0.1) is 0 Å². The molecule has 0 aromatic rings. The highest BCUT2D eigenvalue weighted by Crippen LogP contribution is 2.36. The van der Waals surface area contributed by atoms with Gasteiger partial charge in [-0.1, -0.05) is 0 Å². The molecule has 1 N–H and O–H groups in total. The normalized spacial score (nSPS) is 36.6. The maximum Gasteiger partial charge on any atom is 0.322 e. The van der Waals surface area contributed by atoms with Crippen molar-refractivity contribution in [2.75, 3.05) is 7.11 Å². The lowest BCUT2D eigenvalue weighted by atomic mass is 9.95. The molecule has 0 aromatic carbocycles. The van der Waals surface area contributed by atoms with Crippen molar-refractivity contribution in [3.63, 3.8) is 0 Å². The molecule has 2 atom stereocenters. The summed E-state index contributed by atoms with van der Waals surface area (Å²) < 4.78 is 4.66. The monoisotopic (exact) mass is 197 g/mol. The van der Waals surface area contributed by atoms with Gasteiger partial charge in [0.1, 0.15) is 6.04 Å². The maximum absolute atomic E-state index is 11.6. The molecule has 1 saturated carbocycles. The molecule has 78 valence electrons. The fourth-order valence-corrected chi connectivity index (χ4v) is 2.53. The lowest BCUT2D eigenvalue weighted by Crippen LogP contribution is -2.48. The Bertz CT molecular complexity index is 277. The van der Waals surface area contributed by atoms with Gasteiger partial charge in [0.2, 0.25) is 0 Å². The number of methoxy groups -OCH3 is 1. The Labute approximate surface area is 83.0 Å². The molecule has 4 nitrogen and oxygen atoms in total. The molecule has 4 heteroatoms. The molecule has 2 fully saturated rings. The summed E-state index contributed by atoms with van der Waals surface area (Å²) in [5.74, 6) is 0.0190. The predicted molar refractivity (Wildman–Crippen MR) is 49.8 cm³/mol. The van der Waals surface area contributed by atoms with Crippen LogP contribution in [-0.4, -0.2) is 30.4 Å². The lowest BCUT2D eigenvalue weighted by Gasteiger charge is -2.22. The Kier molecular flexibility index (Phi) is 2.31. The van der Waals surface area contributed by atoms with Gasteiger partial charge >= 0.3 is 5.97 Å². The summed E-state index contributed by atoms with van der Waals surface area (Å²) in [6.45, 7) is 0. The van der Waals surface area contributed by atoms with Gasteiger partial charge in [-0.2, -0.15) is 0 Å². The molecular weight excluding hydrogens is 182 g/mol. The van der Waals surface area contributed by atoms with Crippen LogP contribution in [0.3, 0.4) is 0 Å². The third-order valence-electron chi connectivity index (χ3n) is 3.34. The molecule has 0 amide bonds. The second-order valence-electron chi connectivity index (χ2n) is 4.12. The van der Waals surface area contributed by atoms with Crippen molar-refractivity contribution in [1.82, 2.24) is 5.32 Å². The summed E-state index contributed by atoms with van der Waals surface area (Å²) in [5, 5.41) is 3.14. The minimum atomic E-state index is -0.390. The van der Waals surface area contributed by atoms with Gasteiger partial charge in [0.05, 0.1) is 12.6 Å². The van der Waals surface area contributed by atoms with Crippen molar-refractivity contribution < 1.29 is 14.3 Å². The van der Waals surface area contributed by atoms with Crippen LogP contribution in [0.2, 0.25) is 0 Å². The summed E-state index contributed by atoms with van der Waals surface area (Å²) in [5.41, 5.74) is -0.390. The van der Waals surface area contributed by atoms with E-state index in [1.807, 2.05) is 0 Å². The van der Waals surface area contributed by atoms with Crippen LogP contribution < -0.4 is 5.32 Å². The molecule has 14 heavy (non-hydrogen) atoms. The van der Waals surface area contributed by atoms with Crippen LogP contribution in [0.15, 0.2) is 0 Å². The van der Waals surface area contributed by atoms with Crippen molar-refractivity contribution in [2.45, 2.75) is 43.7 Å². The molecule has 1 aliphatic carbocycles. The zero-order valence-electron chi connectivity index (χ0n) is 8.34. The highest BCUT2D eigenvalue weighted by molar-refractivity contribution is 5.92. The third-order valence-corrected chi connectivity index (χ3v) is 3.34. The van der Waals surface area contributed by atoms with Crippen LogP contribution in [-0.2, 0) is 14.3 Å². The van der Waals surface area contributed by atoms with Crippen molar-refractivity contribution >= 4 is 11.8 Å². The van der Waals surface area contributed by atoms with Gasteiger partial charge in [-0.3, -0.25) is 14.9 Å². The third kappa shape index (κ3) is 1.34. The number of ether oxygens (including phenoxy) is 1. The van der Waals surface area contributed by atoms with Crippen LogP contribution in [0.5, 0.6) is 0 Å². The first kappa shape index (κ1) is 9.65. The first-order chi connectivity index (χ1) is 6.68. The summed E-state index contributed by atoms with van der Waals surface area (Å²) in [6, 6.07) is -0.276. The van der Waals surface area contributed by atoms with Gasteiger partial charge in [-0.25, -0.2) is 0 Å². The van der Waals surface area contributed by atoms with Crippen LogP contribution >= 0.6 is 0 Å². The molecule has 0 radical (unpaired) electrons. The van der Waals surface area contributed by atoms with Crippen LogP contribution in [0.25, 0.3) is 0 Å². The first-order valence-corrected chi connectivity index (χ1v) is 5.07. The second-order valence-corrected chi connectivity index (χ2v) is 4.12. The van der Waals surface area contributed by atoms with E-state index in [1.54, 1.807) is 0 Å². The van der Waals surface area contributed by atoms with Gasteiger partial charge in [0, 0.05) is 6.42 Å². The van der Waals surface area contributed by atoms with E-state index < -0.39 is 5.54 Å². The fraction of sp³-hybridized carbons (Fsp3) is 0.800. The molecule has 2 aliphatic rings. The average Bonchev–Trinajstić information content (AvgIpc) is 2.76. The molecule has 0 aromatic heterocycles. The zero-order valence-corrected chi connectivity index (χ0v) is 8.34. The van der Waals surface area contributed by atoms with E-state index in [2.05, 4.69) is 10.1 Å². The van der Waals surface area contributed by atoms with Crippen LogP contribution in [0.1, 0.15) is 32.1 Å². The lowest BCUT2D eigenvalue weighted by molar-refractivity contribution is -0.142. The van der Waals surface area contributed by atoms with Gasteiger partial charge in [0.15, 0.2) is 5.78 Å². The van der Waals surface area contributed by atoms with Crippen molar-refractivity contribution in [1.29, 1.82) is 0 Å². The van der Waals surface area contributed by atoms with Crippen molar-refractivity contribution in [3.05, 3.63) is 0 Å². The Morgan fingerprint density at radius 3 is 2.93 bits per heavy atom. The van der Waals surface area contributed by atoms with E-state index in [1.165, 1.54) is 7.11 Å². The number of hydrogen-bond donors (Lipinski definition) is 1. The molecule has 0 bridgehead atoms. The molecule has 2 rings (SSSR count). The number of carbonyl (C=O) groups is 2. The van der Waals surface area contributed by atoms with E-state index >= 15 is 0 Å². The maximum atomic E-state index is 11.6. The van der Waals surface area contributed by atoms with Crippen LogP contribution in [0.4, 0.5) is 0 Å². The van der Waals surface area contributed by atoms with Gasteiger partial charge in [-0.05, 0) is 25.7 Å². The standard InChI is InChI=1S/C10H15NO3/c1-14-9(13)7-4-6-10(11-7)5-2-3-8(10)12/h7,11H,2-6H2,1H3. The van der Waals surface area contributed by atoms with E-state index in [4.69, 9.17) is 0 Å². The van der Waals surface area contributed by atoms with Crippen molar-refractivity contribution in [3.8, 4) is 0 Å². The Morgan fingerprint density at radius 2 is 2.36 bits per heavy atom. The quantitative estimate of drug-likeness (QED) is 0.618. The number of Topliss-reactive ketones (excluding diaryl/α,β-unsaturated/α-hetero) is 1. The molecular formula is C10H15NO3. The highest BCUT2D eigenvalue weighted by atomic mass is 16.5. The minimum Gasteiger partial charge on any atom is -0.468 e. The SMILES string of the molecule is COC(=O)C1CCC2(CCCC2=O)N1. The molecule has 1 heterocycles. The van der Waals surface area contributed by atoms with Gasteiger partial charge in [0.25, 0.3) is 0 Å². The van der Waals surface area contributed by atoms with E-state index in [0.717, 1.165) is 25.7 Å². The number of rotatable bonds is 1. The Hall–Kier alpha value is -0.900. The van der Waals surface area contributed by atoms with E-state index in [-0.39, 0.29) is 17.8 Å². The molecule has 1 spiro atoms. The topological polar surface area (TPSA) is 55.4 Å². The highest BCUT2D eigenvalue weighted by Gasteiger charge is 2.48. The smallest absolute Gasteiger partial charge is 0.322 e. The second kappa shape index (κ2) is 3.35. The predicted octanol–water partition coefficient (Wildman–Crippen LogP) is 0.403. The summed E-state index contributed by atoms with van der Waals surface area (Å²) in [6.07, 6.45) is 3.98. The summed E-state index contributed by atoms with van der Waals surface area (Å²) in [7, 11) is 1.38. The molecule has 1 saturated heterocycles. The number of ketones is 1. The fourth-order valence-electron chi connectivity index (χ4n) is 2.53. The first-order valence-electron chi connectivity index (χ1n) is 5.07. The minimum absolute atomic E-state index is 0.249. The Balaban J connectivity index is 2.06. The average molecular weight is 197 g/mol. The number of hydrogen-bond acceptors (Lipinski definition) is 4. The molecule has 2 unspecified atom stereocenters. The number of esters is 1. The largest absolute Gasteiger partial charge is 0.468 e. The summed E-state index contributed by atoms with van der Waals surface area (Å²) in [4.78, 5) is 22.9. The van der Waals surface area contributed by atoms with E-state index in [0.29, 0.717) is 6.42 Å². The van der Waals surface area contributed by atoms with Gasteiger partial charge < -0.3 is 4.74 Å². The summed E-state index contributed by atoms with van der Waals surface area (Å²) >= 11 is 0. The van der Waals surface area contributed by atoms with Crippen LogP contribution in [0, 0.1) is 0 Å². The zero-order chi connectivity index (χ0) is 10.2. The molecule has 1 aliphatic heterocycles. The Morgan fingerprint density at radius 1 is 1.57 bits per heavy atom. The number of carbonyl (C=O) groups excluding carboxylic acids is 2. The van der Waals surface area contributed by atoms with E-state index in [9.17, 15) is 9.59 Å². The van der Waals surface area contributed by atoms with Crippen molar-refractivity contribution in [2.24, 2.45) is 0 Å². The number of nitrogens with one attached hydrogen (secondary N) is 1.